The van der Waals surface area contributed by atoms with E-state index < -0.39 is 0 Å². The van der Waals surface area contributed by atoms with E-state index in [0.717, 1.165) is 22.6 Å². The predicted octanol–water partition coefficient (Wildman–Crippen LogP) is 3.00. The topological polar surface area (TPSA) is 75.9 Å². The fourth-order valence-corrected chi connectivity index (χ4v) is 2.94. The Hall–Kier alpha value is -3.13. The molecule has 0 bridgehead atoms. The van der Waals surface area contributed by atoms with Crippen molar-refractivity contribution in [2.24, 2.45) is 15.3 Å². The number of carbonyl (C=O) groups excluding carboxylic acids is 1. The van der Waals surface area contributed by atoms with Crippen LogP contribution in [0.3, 0.4) is 0 Å². The van der Waals surface area contributed by atoms with E-state index in [1.165, 1.54) is 16.8 Å². The Morgan fingerprint density at radius 3 is 2.04 bits per heavy atom. The molecule has 0 saturated carbocycles. The summed E-state index contributed by atoms with van der Waals surface area (Å²) in [4.78, 5) is 12.0. The molecule has 1 saturated heterocycles. The van der Waals surface area contributed by atoms with Crippen molar-refractivity contribution in [1.29, 1.82) is 0 Å². The molecule has 27 heavy (non-hydrogen) atoms. The van der Waals surface area contributed by atoms with E-state index in [9.17, 15) is 4.79 Å². The van der Waals surface area contributed by atoms with Crippen LogP contribution >= 0.6 is 11.8 Å². The molecule has 2 aromatic carbocycles. The molecule has 1 heterocycles. The Morgan fingerprint density at radius 2 is 1.48 bits per heavy atom. The number of hydrogen-bond acceptors (Lipinski definition) is 7. The van der Waals surface area contributed by atoms with Gasteiger partial charge in [-0.05, 0) is 59.7 Å². The minimum Gasteiger partial charge on any atom is -0.497 e. The third-order valence-corrected chi connectivity index (χ3v) is 4.55. The highest BCUT2D eigenvalue weighted by atomic mass is 32.2. The first-order valence-electron chi connectivity index (χ1n) is 8.08. The number of benzene rings is 2. The Morgan fingerprint density at radius 1 is 0.926 bits per heavy atom. The van der Waals surface area contributed by atoms with E-state index in [0.29, 0.717) is 5.17 Å². The van der Waals surface area contributed by atoms with Gasteiger partial charge in [0.25, 0.3) is 5.91 Å². The van der Waals surface area contributed by atoms with Gasteiger partial charge in [-0.15, -0.1) is 5.10 Å². The largest absolute Gasteiger partial charge is 0.497 e. The molecule has 0 unspecified atom stereocenters. The minimum atomic E-state index is -0.136. The second kappa shape index (κ2) is 9.00. The Labute approximate surface area is 161 Å². The van der Waals surface area contributed by atoms with E-state index in [1.54, 1.807) is 26.6 Å². The summed E-state index contributed by atoms with van der Waals surface area (Å²) in [5, 5.41) is 14.1. The highest BCUT2D eigenvalue weighted by molar-refractivity contribution is 8.15. The smallest absolute Gasteiger partial charge is 0.259 e. The second-order valence-corrected chi connectivity index (χ2v) is 6.35. The molecule has 1 amide bonds. The number of hydrazone groups is 1. The number of hydrogen-bond donors (Lipinski definition) is 0. The van der Waals surface area contributed by atoms with Gasteiger partial charge < -0.3 is 9.47 Å². The van der Waals surface area contributed by atoms with Gasteiger partial charge in [0.15, 0.2) is 0 Å². The standard InChI is InChI=1S/C19H18N4O3S/c1-25-16-7-3-14(4-8-16)11-20-22-19-23(18(24)13-27-19)21-12-15-5-9-17(26-2)10-6-15/h3-12H,13H2,1-2H3/b20-11-,21-12-,22-19+. The molecule has 1 aliphatic heterocycles. The second-order valence-electron chi connectivity index (χ2n) is 5.41. The molecule has 1 fully saturated rings. The van der Waals surface area contributed by atoms with Gasteiger partial charge in [0.05, 0.1) is 32.4 Å². The first kappa shape index (κ1) is 18.7. The maximum absolute atomic E-state index is 12.0. The number of thioether (sulfide) groups is 1. The molecule has 0 aromatic heterocycles. The lowest BCUT2D eigenvalue weighted by molar-refractivity contribution is -0.124. The van der Waals surface area contributed by atoms with Gasteiger partial charge in [0, 0.05) is 0 Å². The Kier molecular flexibility index (Phi) is 6.22. The lowest BCUT2D eigenvalue weighted by atomic mass is 10.2. The number of nitrogens with zero attached hydrogens (tertiary/aromatic N) is 4. The van der Waals surface area contributed by atoms with Crippen molar-refractivity contribution >= 4 is 35.3 Å². The van der Waals surface area contributed by atoms with Gasteiger partial charge in [-0.2, -0.15) is 15.2 Å². The Bertz CT molecular complexity index is 877. The van der Waals surface area contributed by atoms with E-state index in [-0.39, 0.29) is 11.7 Å². The summed E-state index contributed by atoms with van der Waals surface area (Å²) in [7, 11) is 3.23. The van der Waals surface area contributed by atoms with Crippen molar-refractivity contribution < 1.29 is 14.3 Å². The van der Waals surface area contributed by atoms with E-state index >= 15 is 0 Å². The number of carbonyl (C=O) groups is 1. The third kappa shape index (κ3) is 4.95. The maximum atomic E-state index is 12.0. The van der Waals surface area contributed by atoms with Crippen molar-refractivity contribution in [2.45, 2.75) is 0 Å². The van der Waals surface area contributed by atoms with Gasteiger partial charge in [-0.3, -0.25) is 4.79 Å². The summed E-state index contributed by atoms with van der Waals surface area (Å²) in [6.07, 6.45) is 3.22. The molecule has 3 rings (SSSR count). The lowest BCUT2D eigenvalue weighted by Crippen LogP contribution is -2.23. The molecule has 1 aliphatic rings. The predicted molar refractivity (Wildman–Crippen MR) is 108 cm³/mol. The molecule has 0 aliphatic carbocycles. The molecule has 7 nitrogen and oxygen atoms in total. The summed E-state index contributed by atoms with van der Waals surface area (Å²) < 4.78 is 10.2. The number of methoxy groups -OCH3 is 2. The summed E-state index contributed by atoms with van der Waals surface area (Å²) >= 11 is 1.30. The van der Waals surface area contributed by atoms with Crippen LogP contribution in [0.25, 0.3) is 0 Å². The molecule has 0 atom stereocenters. The number of amidine groups is 1. The average Bonchev–Trinajstić information content (AvgIpc) is 3.07. The van der Waals surface area contributed by atoms with Crippen molar-refractivity contribution in [3.8, 4) is 11.5 Å². The monoisotopic (exact) mass is 382 g/mol. The zero-order chi connectivity index (χ0) is 19.1. The first-order chi connectivity index (χ1) is 13.2. The van der Waals surface area contributed by atoms with Crippen LogP contribution in [0.2, 0.25) is 0 Å². The van der Waals surface area contributed by atoms with Crippen LogP contribution < -0.4 is 9.47 Å². The SMILES string of the molecule is COc1ccc(/C=N\N=C2\SCC(=O)N2/N=C\c2ccc(OC)cc2)cc1. The highest BCUT2D eigenvalue weighted by Crippen LogP contribution is 2.20. The fourth-order valence-electron chi connectivity index (χ4n) is 2.19. The van der Waals surface area contributed by atoms with Crippen molar-refractivity contribution in [1.82, 2.24) is 5.01 Å². The number of amides is 1. The molecular weight excluding hydrogens is 364 g/mol. The zero-order valence-corrected chi connectivity index (χ0v) is 15.7. The van der Waals surface area contributed by atoms with Crippen LogP contribution in [0.1, 0.15) is 11.1 Å². The van der Waals surface area contributed by atoms with Crippen molar-refractivity contribution in [2.75, 3.05) is 20.0 Å². The summed E-state index contributed by atoms with van der Waals surface area (Å²) in [5.41, 5.74) is 1.73. The number of rotatable bonds is 6. The first-order valence-corrected chi connectivity index (χ1v) is 9.07. The fraction of sp³-hybridized carbons (Fsp3) is 0.158. The van der Waals surface area contributed by atoms with Gasteiger partial charge in [0.2, 0.25) is 5.17 Å². The van der Waals surface area contributed by atoms with Crippen LogP contribution in [0.5, 0.6) is 11.5 Å². The van der Waals surface area contributed by atoms with Gasteiger partial charge >= 0.3 is 0 Å². The van der Waals surface area contributed by atoms with E-state index in [4.69, 9.17) is 9.47 Å². The average molecular weight is 382 g/mol. The zero-order valence-electron chi connectivity index (χ0n) is 14.9. The van der Waals surface area contributed by atoms with Crippen LogP contribution in [0.4, 0.5) is 0 Å². The van der Waals surface area contributed by atoms with E-state index in [2.05, 4.69) is 15.3 Å². The summed E-state index contributed by atoms with van der Waals surface area (Å²) in [6, 6.07) is 14.8. The third-order valence-electron chi connectivity index (χ3n) is 3.65. The lowest BCUT2D eigenvalue weighted by Gasteiger charge is -2.07. The van der Waals surface area contributed by atoms with Gasteiger partial charge in [0.1, 0.15) is 11.5 Å². The molecule has 0 radical (unpaired) electrons. The number of ether oxygens (including phenoxy) is 2. The van der Waals surface area contributed by atoms with Crippen LogP contribution in [-0.4, -0.2) is 48.5 Å². The molecule has 0 N–H and O–H groups in total. The minimum absolute atomic E-state index is 0.136. The summed E-state index contributed by atoms with van der Waals surface area (Å²) in [5.74, 6) is 1.68. The van der Waals surface area contributed by atoms with Crippen LogP contribution in [-0.2, 0) is 4.79 Å². The molecule has 2 aromatic rings. The van der Waals surface area contributed by atoms with E-state index in [1.807, 2.05) is 48.5 Å². The normalized spacial score (nSPS) is 16.0. The van der Waals surface area contributed by atoms with Crippen molar-refractivity contribution in [3.05, 3.63) is 59.7 Å². The molecular formula is C19H18N4O3S. The molecule has 0 spiro atoms. The van der Waals surface area contributed by atoms with Gasteiger partial charge in [-0.1, -0.05) is 11.8 Å². The highest BCUT2D eigenvalue weighted by Gasteiger charge is 2.28. The van der Waals surface area contributed by atoms with Crippen LogP contribution in [0, 0.1) is 0 Å². The van der Waals surface area contributed by atoms with Crippen LogP contribution in [0.15, 0.2) is 63.8 Å². The van der Waals surface area contributed by atoms with Crippen molar-refractivity contribution in [3.63, 3.8) is 0 Å². The maximum Gasteiger partial charge on any atom is 0.259 e. The molecule has 138 valence electrons. The quantitative estimate of drug-likeness (QED) is 0.568. The van der Waals surface area contributed by atoms with Gasteiger partial charge in [-0.25, -0.2) is 0 Å². The summed E-state index contributed by atoms with van der Waals surface area (Å²) in [6.45, 7) is 0. The Balaban J connectivity index is 1.69. The molecule has 8 heteroatoms.